The zero-order valence-corrected chi connectivity index (χ0v) is 11.6. The van der Waals surface area contributed by atoms with Gasteiger partial charge in [0.25, 0.3) is 0 Å². The van der Waals surface area contributed by atoms with E-state index < -0.39 is 0 Å². The van der Waals surface area contributed by atoms with Crippen LogP contribution in [0.3, 0.4) is 0 Å². The maximum atomic E-state index is 5.90. The molecule has 3 heterocycles. The summed E-state index contributed by atoms with van der Waals surface area (Å²) < 4.78 is 0. The molecule has 1 fully saturated rings. The average molecular weight is 281 g/mol. The molecular formula is C12H17ClN6. The molecule has 7 heteroatoms. The number of likely N-dealkylation sites (tertiary alicyclic amines) is 1. The summed E-state index contributed by atoms with van der Waals surface area (Å²) in [4.78, 5) is 17.9. The van der Waals surface area contributed by atoms with Crippen LogP contribution in [0, 0.1) is 5.92 Å². The predicted molar refractivity (Wildman–Crippen MR) is 75.4 cm³/mol. The number of anilines is 1. The molecule has 0 aliphatic carbocycles. The Hall–Kier alpha value is -1.40. The molecule has 3 rings (SSSR count). The van der Waals surface area contributed by atoms with E-state index in [9.17, 15) is 0 Å². The number of hydrogen-bond acceptors (Lipinski definition) is 5. The predicted octanol–water partition coefficient (Wildman–Crippen LogP) is 1.76. The maximum Gasteiger partial charge on any atom is 0.226 e. The minimum atomic E-state index is 0.226. The van der Waals surface area contributed by atoms with Gasteiger partial charge in [-0.3, -0.25) is 0 Å². The lowest BCUT2D eigenvalue weighted by molar-refractivity contribution is 0.345. The highest BCUT2D eigenvalue weighted by Crippen LogP contribution is 2.21. The number of halogens is 1. The Balaban J connectivity index is 1.70. The highest BCUT2D eigenvalue weighted by atomic mass is 35.5. The van der Waals surface area contributed by atoms with Gasteiger partial charge in [-0.2, -0.15) is 9.97 Å². The summed E-state index contributed by atoms with van der Waals surface area (Å²) in [5.41, 5.74) is 1.42. The van der Waals surface area contributed by atoms with Crippen LogP contribution in [0.4, 0.5) is 5.82 Å². The van der Waals surface area contributed by atoms with E-state index in [-0.39, 0.29) is 5.28 Å². The fourth-order valence-corrected chi connectivity index (χ4v) is 2.71. The molecule has 0 saturated carbocycles. The van der Waals surface area contributed by atoms with Crippen LogP contribution in [0.25, 0.3) is 11.2 Å². The molecule has 1 saturated heterocycles. The smallest absolute Gasteiger partial charge is 0.226 e. The van der Waals surface area contributed by atoms with Gasteiger partial charge in [0.15, 0.2) is 11.5 Å². The summed E-state index contributed by atoms with van der Waals surface area (Å²) in [6.45, 7) is 6.56. The van der Waals surface area contributed by atoms with Crippen LogP contribution in [0.5, 0.6) is 0 Å². The molecule has 102 valence electrons. The molecule has 0 bridgehead atoms. The second-order valence-corrected chi connectivity index (χ2v) is 5.21. The van der Waals surface area contributed by atoms with E-state index in [4.69, 9.17) is 11.6 Å². The number of nitrogens with one attached hydrogen (secondary N) is 2. The third-order valence-corrected chi connectivity index (χ3v) is 3.80. The fourth-order valence-electron chi connectivity index (χ4n) is 2.54. The van der Waals surface area contributed by atoms with Crippen molar-refractivity contribution < 1.29 is 0 Å². The zero-order valence-electron chi connectivity index (χ0n) is 10.9. The molecule has 19 heavy (non-hydrogen) atoms. The van der Waals surface area contributed by atoms with E-state index >= 15 is 0 Å². The quantitative estimate of drug-likeness (QED) is 0.835. The van der Waals surface area contributed by atoms with Gasteiger partial charge in [0.05, 0.1) is 6.33 Å². The first-order valence-corrected chi connectivity index (χ1v) is 6.97. The molecule has 2 N–H and O–H groups in total. The second kappa shape index (κ2) is 5.30. The lowest BCUT2D eigenvalue weighted by atomic mass is 10.1. The maximum absolute atomic E-state index is 5.90. The summed E-state index contributed by atoms with van der Waals surface area (Å²) in [6, 6.07) is 0. The molecule has 0 spiro atoms. The van der Waals surface area contributed by atoms with Crippen LogP contribution in [-0.2, 0) is 0 Å². The SMILES string of the molecule is CCN1CCC(CNc2nc(Cl)nc3nc[nH]c23)C1. The Morgan fingerprint density at radius 3 is 3.21 bits per heavy atom. The van der Waals surface area contributed by atoms with Crippen LogP contribution >= 0.6 is 11.6 Å². The molecule has 1 unspecified atom stereocenters. The van der Waals surface area contributed by atoms with Gasteiger partial charge in [-0.05, 0) is 37.0 Å². The van der Waals surface area contributed by atoms with E-state index in [1.165, 1.54) is 13.0 Å². The Kier molecular flexibility index (Phi) is 3.52. The number of rotatable bonds is 4. The fraction of sp³-hybridized carbons (Fsp3) is 0.583. The number of H-pyrrole nitrogens is 1. The van der Waals surface area contributed by atoms with E-state index in [2.05, 4.69) is 37.1 Å². The van der Waals surface area contributed by atoms with Gasteiger partial charge in [-0.15, -0.1) is 0 Å². The summed E-state index contributed by atoms with van der Waals surface area (Å²) in [6.07, 6.45) is 2.83. The standard InChI is InChI=1S/C12H17ClN6/c1-2-19-4-3-8(6-19)5-14-10-9-11(16-7-15-9)18-12(13)17-10/h7-8H,2-6H2,1H3,(H2,14,15,16,17,18). The number of aromatic amines is 1. The number of nitrogens with zero attached hydrogens (tertiary/aromatic N) is 4. The Morgan fingerprint density at radius 1 is 1.53 bits per heavy atom. The Morgan fingerprint density at radius 2 is 2.42 bits per heavy atom. The zero-order chi connectivity index (χ0) is 13.2. The van der Waals surface area contributed by atoms with Gasteiger partial charge in [0.1, 0.15) is 5.52 Å². The highest BCUT2D eigenvalue weighted by molar-refractivity contribution is 6.28. The first-order chi connectivity index (χ1) is 9.26. The summed E-state index contributed by atoms with van der Waals surface area (Å²) >= 11 is 5.90. The van der Waals surface area contributed by atoms with Crippen molar-refractivity contribution in [3.8, 4) is 0 Å². The monoisotopic (exact) mass is 280 g/mol. The minimum absolute atomic E-state index is 0.226. The number of imidazole rings is 1. The lowest BCUT2D eigenvalue weighted by Crippen LogP contribution is -2.22. The summed E-state index contributed by atoms with van der Waals surface area (Å²) in [7, 11) is 0. The normalized spacial score (nSPS) is 20.2. The van der Waals surface area contributed by atoms with E-state index in [0.717, 1.165) is 31.0 Å². The van der Waals surface area contributed by atoms with Gasteiger partial charge in [-0.25, -0.2) is 4.98 Å². The largest absolute Gasteiger partial charge is 0.368 e. The van der Waals surface area contributed by atoms with Crippen molar-refractivity contribution in [3.05, 3.63) is 11.6 Å². The molecule has 1 aliphatic rings. The van der Waals surface area contributed by atoms with Crippen molar-refractivity contribution in [2.75, 3.05) is 31.5 Å². The molecular weight excluding hydrogens is 264 g/mol. The second-order valence-electron chi connectivity index (χ2n) is 4.87. The van der Waals surface area contributed by atoms with E-state index in [0.29, 0.717) is 11.6 Å². The van der Waals surface area contributed by atoms with Gasteiger partial charge in [-0.1, -0.05) is 6.92 Å². The third-order valence-electron chi connectivity index (χ3n) is 3.63. The first kappa shape index (κ1) is 12.6. The van der Waals surface area contributed by atoms with Crippen LogP contribution < -0.4 is 5.32 Å². The summed E-state index contributed by atoms with van der Waals surface area (Å²) in [5, 5.41) is 3.59. The van der Waals surface area contributed by atoms with Crippen LogP contribution in [-0.4, -0.2) is 51.0 Å². The van der Waals surface area contributed by atoms with Crippen LogP contribution in [0.2, 0.25) is 5.28 Å². The number of fused-ring (bicyclic) bond motifs is 1. The molecule has 2 aromatic rings. The average Bonchev–Trinajstić information content (AvgIpc) is 3.03. The number of hydrogen-bond donors (Lipinski definition) is 2. The topological polar surface area (TPSA) is 69.7 Å². The van der Waals surface area contributed by atoms with Crippen molar-refractivity contribution in [2.24, 2.45) is 5.92 Å². The van der Waals surface area contributed by atoms with Crippen molar-refractivity contribution in [1.82, 2.24) is 24.8 Å². The van der Waals surface area contributed by atoms with Crippen LogP contribution in [0.15, 0.2) is 6.33 Å². The molecule has 1 aliphatic heterocycles. The van der Waals surface area contributed by atoms with Crippen molar-refractivity contribution in [2.45, 2.75) is 13.3 Å². The number of aromatic nitrogens is 4. The lowest BCUT2D eigenvalue weighted by Gasteiger charge is -2.14. The van der Waals surface area contributed by atoms with Crippen LogP contribution in [0.1, 0.15) is 13.3 Å². The van der Waals surface area contributed by atoms with Gasteiger partial charge in [0, 0.05) is 13.1 Å². The van der Waals surface area contributed by atoms with Crippen molar-refractivity contribution in [1.29, 1.82) is 0 Å². The van der Waals surface area contributed by atoms with Crippen molar-refractivity contribution in [3.63, 3.8) is 0 Å². The molecule has 6 nitrogen and oxygen atoms in total. The van der Waals surface area contributed by atoms with Crippen molar-refractivity contribution >= 4 is 28.6 Å². The molecule has 0 amide bonds. The van der Waals surface area contributed by atoms with Gasteiger partial charge >= 0.3 is 0 Å². The highest BCUT2D eigenvalue weighted by Gasteiger charge is 2.21. The molecule has 0 radical (unpaired) electrons. The van der Waals surface area contributed by atoms with Gasteiger partial charge in [0.2, 0.25) is 5.28 Å². The molecule has 2 aromatic heterocycles. The molecule has 1 atom stereocenters. The Labute approximate surface area is 116 Å². The molecule has 0 aromatic carbocycles. The third kappa shape index (κ3) is 2.64. The first-order valence-electron chi connectivity index (χ1n) is 6.59. The minimum Gasteiger partial charge on any atom is -0.368 e. The van der Waals surface area contributed by atoms with E-state index in [1.807, 2.05) is 0 Å². The van der Waals surface area contributed by atoms with Gasteiger partial charge < -0.3 is 15.2 Å². The Bertz CT molecular complexity index is 568. The summed E-state index contributed by atoms with van der Waals surface area (Å²) in [5.74, 6) is 1.40. The van der Waals surface area contributed by atoms with E-state index in [1.54, 1.807) is 6.33 Å².